The molecule has 0 saturated heterocycles. The van der Waals surface area contributed by atoms with E-state index < -0.39 is 0 Å². The minimum absolute atomic E-state index is 0.0575. The lowest BCUT2D eigenvalue weighted by molar-refractivity contribution is 1.16. The summed E-state index contributed by atoms with van der Waals surface area (Å²) in [6.07, 6.45) is 0. The number of nitrogens with two attached hydrogens (primary N) is 3. The van der Waals surface area contributed by atoms with Crippen LogP contribution in [0.4, 0.5) is 17.7 Å². The first-order valence-corrected chi connectivity index (χ1v) is 5.57. The van der Waals surface area contributed by atoms with E-state index in [2.05, 4.69) is 19.9 Å². The van der Waals surface area contributed by atoms with E-state index in [4.69, 9.17) is 17.2 Å². The van der Waals surface area contributed by atoms with Crippen LogP contribution in [0.25, 0.3) is 22.3 Å². The van der Waals surface area contributed by atoms with Gasteiger partial charge in [-0.05, 0) is 0 Å². The summed E-state index contributed by atoms with van der Waals surface area (Å²) in [5, 5.41) is 0.551. The number of rotatable bonds is 1. The third-order valence-electron chi connectivity index (χ3n) is 2.67. The van der Waals surface area contributed by atoms with Crippen LogP contribution in [0, 0.1) is 0 Å². The lowest BCUT2D eigenvalue weighted by Gasteiger charge is -2.08. The van der Waals surface area contributed by atoms with Gasteiger partial charge in [0, 0.05) is 5.56 Å². The van der Waals surface area contributed by atoms with Crippen molar-refractivity contribution < 1.29 is 0 Å². The molecule has 94 valence electrons. The summed E-state index contributed by atoms with van der Waals surface area (Å²) in [7, 11) is 0. The molecule has 7 nitrogen and oxygen atoms in total. The predicted molar refractivity (Wildman–Crippen MR) is 73.8 cm³/mol. The first kappa shape index (κ1) is 11.1. The highest BCUT2D eigenvalue weighted by atomic mass is 15.1. The topological polar surface area (TPSA) is 130 Å². The number of hydrogen-bond donors (Lipinski definition) is 3. The van der Waals surface area contributed by atoms with Crippen LogP contribution in [-0.4, -0.2) is 19.9 Å². The van der Waals surface area contributed by atoms with Crippen LogP contribution in [-0.2, 0) is 0 Å². The van der Waals surface area contributed by atoms with E-state index in [1.165, 1.54) is 0 Å². The third kappa shape index (κ3) is 1.86. The largest absolute Gasteiger partial charge is 0.383 e. The van der Waals surface area contributed by atoms with Crippen LogP contribution in [0.5, 0.6) is 0 Å². The second kappa shape index (κ2) is 4.05. The van der Waals surface area contributed by atoms with Gasteiger partial charge in [-0.15, -0.1) is 0 Å². The summed E-state index contributed by atoms with van der Waals surface area (Å²) < 4.78 is 0. The molecule has 1 aromatic carbocycles. The average molecular weight is 253 g/mol. The van der Waals surface area contributed by atoms with Gasteiger partial charge in [0.25, 0.3) is 0 Å². The van der Waals surface area contributed by atoms with Gasteiger partial charge in [-0.3, -0.25) is 0 Å². The van der Waals surface area contributed by atoms with E-state index in [1.807, 2.05) is 30.3 Å². The maximum Gasteiger partial charge on any atom is 0.224 e. The van der Waals surface area contributed by atoms with E-state index in [9.17, 15) is 0 Å². The summed E-state index contributed by atoms with van der Waals surface area (Å²) in [6, 6.07) is 9.50. The third-order valence-corrected chi connectivity index (χ3v) is 2.67. The molecule has 19 heavy (non-hydrogen) atoms. The Hall–Kier alpha value is -2.96. The van der Waals surface area contributed by atoms with Gasteiger partial charge in [0.05, 0.1) is 11.1 Å². The molecule has 2 aromatic heterocycles. The molecule has 7 heteroatoms. The van der Waals surface area contributed by atoms with Crippen molar-refractivity contribution in [2.75, 3.05) is 17.2 Å². The number of hydrogen-bond acceptors (Lipinski definition) is 7. The Morgan fingerprint density at radius 3 is 2.05 bits per heavy atom. The molecule has 0 bridgehead atoms. The molecule has 2 heterocycles. The molecule has 0 aliphatic rings. The second-order valence-corrected chi connectivity index (χ2v) is 3.96. The molecule has 0 saturated carbocycles. The predicted octanol–water partition coefficient (Wildman–Crippen LogP) is 0.833. The molecule has 0 unspecified atom stereocenters. The highest BCUT2D eigenvalue weighted by Crippen LogP contribution is 2.29. The number of anilines is 3. The molecule has 0 amide bonds. The molecule has 0 atom stereocenters. The van der Waals surface area contributed by atoms with Crippen molar-refractivity contribution in [3.8, 4) is 11.3 Å². The van der Waals surface area contributed by atoms with Crippen molar-refractivity contribution in [3.05, 3.63) is 30.3 Å². The van der Waals surface area contributed by atoms with E-state index in [0.29, 0.717) is 16.7 Å². The van der Waals surface area contributed by atoms with Crippen molar-refractivity contribution in [2.45, 2.75) is 0 Å². The van der Waals surface area contributed by atoms with E-state index in [0.717, 1.165) is 5.56 Å². The normalized spacial score (nSPS) is 10.7. The fraction of sp³-hybridized carbons (Fsp3) is 0. The fourth-order valence-electron chi connectivity index (χ4n) is 1.90. The van der Waals surface area contributed by atoms with Gasteiger partial charge >= 0.3 is 0 Å². The van der Waals surface area contributed by atoms with Gasteiger partial charge in [0.15, 0.2) is 5.65 Å². The second-order valence-electron chi connectivity index (χ2n) is 3.96. The number of nitrogens with zero attached hydrogens (tertiary/aromatic N) is 4. The average Bonchev–Trinajstić information content (AvgIpc) is 2.38. The highest BCUT2D eigenvalue weighted by Gasteiger charge is 2.14. The molecular formula is C12H11N7. The molecule has 6 N–H and O–H groups in total. The van der Waals surface area contributed by atoms with Crippen molar-refractivity contribution in [1.29, 1.82) is 0 Å². The minimum Gasteiger partial charge on any atom is -0.383 e. The lowest BCUT2D eigenvalue weighted by Crippen LogP contribution is -2.06. The summed E-state index contributed by atoms with van der Waals surface area (Å²) >= 11 is 0. The van der Waals surface area contributed by atoms with E-state index in [1.54, 1.807) is 0 Å². The van der Waals surface area contributed by atoms with Crippen LogP contribution in [0.3, 0.4) is 0 Å². The van der Waals surface area contributed by atoms with Crippen LogP contribution in [0.2, 0.25) is 0 Å². The first-order chi connectivity index (χ1) is 9.15. The molecular weight excluding hydrogens is 242 g/mol. The Morgan fingerprint density at radius 2 is 1.37 bits per heavy atom. The van der Waals surface area contributed by atoms with Gasteiger partial charge in [-0.25, -0.2) is 4.98 Å². The van der Waals surface area contributed by atoms with Gasteiger partial charge in [0.1, 0.15) is 5.82 Å². The van der Waals surface area contributed by atoms with Crippen LogP contribution >= 0.6 is 0 Å². The summed E-state index contributed by atoms with van der Waals surface area (Å²) in [6.45, 7) is 0. The van der Waals surface area contributed by atoms with Gasteiger partial charge in [-0.2, -0.15) is 15.0 Å². The van der Waals surface area contributed by atoms with Crippen LogP contribution in [0.1, 0.15) is 0 Å². The SMILES string of the molecule is Nc1nc(N)c2c(-c3ccccc3)nc(N)nc2n1. The quantitative estimate of drug-likeness (QED) is 0.585. The van der Waals surface area contributed by atoms with Gasteiger partial charge in [0.2, 0.25) is 11.9 Å². The Bertz CT molecular complexity index is 750. The minimum atomic E-state index is 0.0575. The van der Waals surface area contributed by atoms with Gasteiger partial charge in [-0.1, -0.05) is 30.3 Å². The van der Waals surface area contributed by atoms with Crippen LogP contribution in [0.15, 0.2) is 30.3 Å². The Kier molecular flexibility index (Phi) is 2.38. The fourth-order valence-corrected chi connectivity index (χ4v) is 1.90. The molecule has 0 aliphatic carbocycles. The Labute approximate surface area is 108 Å². The number of nitrogen functional groups attached to an aromatic ring is 3. The molecule has 0 fully saturated rings. The summed E-state index contributed by atoms with van der Waals surface area (Å²) in [5.41, 5.74) is 19.0. The van der Waals surface area contributed by atoms with E-state index in [-0.39, 0.29) is 17.7 Å². The number of aromatic nitrogens is 4. The first-order valence-electron chi connectivity index (χ1n) is 5.57. The molecule has 0 spiro atoms. The Balaban J connectivity index is 2.42. The molecule has 0 aliphatic heterocycles. The Morgan fingerprint density at radius 1 is 0.737 bits per heavy atom. The van der Waals surface area contributed by atoms with Crippen molar-refractivity contribution in [3.63, 3.8) is 0 Å². The van der Waals surface area contributed by atoms with Crippen molar-refractivity contribution >= 4 is 28.7 Å². The summed E-state index contributed by atoms with van der Waals surface area (Å²) in [4.78, 5) is 16.2. The standard InChI is InChI=1S/C12H11N7/c13-9-7-8(6-4-2-1-3-5-6)16-11(14)18-10(7)19-12(15)17-9/h1-5H,(H6,13,14,15,16,17,18,19). The molecule has 3 rings (SSSR count). The maximum atomic E-state index is 5.89. The van der Waals surface area contributed by atoms with Crippen molar-refractivity contribution in [1.82, 2.24) is 19.9 Å². The molecule has 0 radical (unpaired) electrons. The zero-order chi connectivity index (χ0) is 13.4. The highest BCUT2D eigenvalue weighted by molar-refractivity contribution is 5.98. The summed E-state index contributed by atoms with van der Waals surface area (Å²) in [5.74, 6) is 0.410. The van der Waals surface area contributed by atoms with Crippen molar-refractivity contribution in [2.24, 2.45) is 0 Å². The zero-order valence-electron chi connectivity index (χ0n) is 9.91. The van der Waals surface area contributed by atoms with Gasteiger partial charge < -0.3 is 17.2 Å². The number of fused-ring (bicyclic) bond motifs is 1. The van der Waals surface area contributed by atoms with E-state index >= 15 is 0 Å². The number of benzene rings is 1. The maximum absolute atomic E-state index is 5.89. The zero-order valence-corrected chi connectivity index (χ0v) is 9.91. The molecule has 3 aromatic rings. The monoisotopic (exact) mass is 253 g/mol. The van der Waals surface area contributed by atoms with Crippen LogP contribution < -0.4 is 17.2 Å². The smallest absolute Gasteiger partial charge is 0.224 e. The lowest BCUT2D eigenvalue weighted by atomic mass is 10.1.